The van der Waals surface area contributed by atoms with E-state index in [-0.39, 0.29) is 17.9 Å². The number of carbonyl (C=O) groups is 2. The molecule has 0 bridgehead atoms. The van der Waals surface area contributed by atoms with E-state index in [1.165, 1.54) is 0 Å². The van der Waals surface area contributed by atoms with Gasteiger partial charge in [0.05, 0.1) is 12.6 Å². The molecule has 108 valence electrons. The predicted octanol–water partition coefficient (Wildman–Crippen LogP) is 0.465. The van der Waals surface area contributed by atoms with Crippen molar-refractivity contribution in [1.82, 2.24) is 15.1 Å². The average Bonchev–Trinajstić information content (AvgIpc) is 2.46. The molecule has 20 heavy (non-hydrogen) atoms. The van der Waals surface area contributed by atoms with Crippen LogP contribution in [-0.2, 0) is 16.1 Å². The predicted molar refractivity (Wildman–Crippen MR) is 77.0 cm³/mol. The molecular formula is C15H21N3O2. The molecule has 0 radical (unpaired) electrons. The standard InChI is InChI=1S/C15H21N3O2/c1-12(18-9-8-16-14(19)11-18)15(20)17(2)10-13-6-4-3-5-7-13/h3-7,12H,8-11H2,1-2H3,(H,16,19). The van der Waals surface area contributed by atoms with Crippen LogP contribution in [0.4, 0.5) is 0 Å². The highest BCUT2D eigenvalue weighted by Gasteiger charge is 2.27. The molecule has 5 heteroatoms. The molecule has 1 aliphatic rings. The summed E-state index contributed by atoms with van der Waals surface area (Å²) in [6, 6.07) is 9.62. The molecule has 2 amide bonds. The maximum atomic E-state index is 12.4. The lowest BCUT2D eigenvalue weighted by Gasteiger charge is -2.33. The van der Waals surface area contributed by atoms with Gasteiger partial charge in [0.25, 0.3) is 0 Å². The first-order valence-corrected chi connectivity index (χ1v) is 6.87. The lowest BCUT2D eigenvalue weighted by molar-refractivity contribution is -0.137. The Balaban J connectivity index is 1.94. The van der Waals surface area contributed by atoms with Crippen molar-refractivity contribution in [1.29, 1.82) is 0 Å². The summed E-state index contributed by atoms with van der Waals surface area (Å²) in [5, 5.41) is 2.77. The Kier molecular flexibility index (Phi) is 4.74. The van der Waals surface area contributed by atoms with Crippen LogP contribution in [0, 0.1) is 0 Å². The first-order valence-electron chi connectivity index (χ1n) is 6.87. The monoisotopic (exact) mass is 275 g/mol. The fourth-order valence-electron chi connectivity index (χ4n) is 2.40. The largest absolute Gasteiger partial charge is 0.354 e. The van der Waals surface area contributed by atoms with Gasteiger partial charge in [0.15, 0.2) is 0 Å². The molecule has 5 nitrogen and oxygen atoms in total. The summed E-state index contributed by atoms with van der Waals surface area (Å²) in [6.45, 7) is 4.08. The number of benzene rings is 1. The topological polar surface area (TPSA) is 52.7 Å². The minimum atomic E-state index is -0.269. The molecule has 1 aromatic rings. The second-order valence-corrected chi connectivity index (χ2v) is 5.18. The summed E-state index contributed by atoms with van der Waals surface area (Å²) in [5.74, 6) is 0.0326. The van der Waals surface area contributed by atoms with Crippen LogP contribution in [0.3, 0.4) is 0 Å². The van der Waals surface area contributed by atoms with Crippen LogP contribution in [0.15, 0.2) is 30.3 Å². The van der Waals surface area contributed by atoms with E-state index < -0.39 is 0 Å². The zero-order valence-electron chi connectivity index (χ0n) is 12.0. The van der Waals surface area contributed by atoms with Crippen molar-refractivity contribution in [3.63, 3.8) is 0 Å². The van der Waals surface area contributed by atoms with E-state index in [9.17, 15) is 9.59 Å². The zero-order chi connectivity index (χ0) is 14.5. The summed E-state index contributed by atoms with van der Waals surface area (Å²) in [4.78, 5) is 27.4. The summed E-state index contributed by atoms with van der Waals surface area (Å²) in [5.41, 5.74) is 1.10. The van der Waals surface area contributed by atoms with Gasteiger partial charge in [-0.05, 0) is 12.5 Å². The van der Waals surface area contributed by atoms with E-state index >= 15 is 0 Å². The number of carbonyl (C=O) groups excluding carboxylic acids is 2. The molecule has 1 saturated heterocycles. The van der Waals surface area contributed by atoms with Gasteiger partial charge in [-0.15, -0.1) is 0 Å². The van der Waals surface area contributed by atoms with Crippen LogP contribution < -0.4 is 5.32 Å². The van der Waals surface area contributed by atoms with Gasteiger partial charge >= 0.3 is 0 Å². The highest BCUT2D eigenvalue weighted by molar-refractivity contribution is 5.83. The summed E-state index contributed by atoms with van der Waals surface area (Å²) >= 11 is 0. The van der Waals surface area contributed by atoms with Crippen molar-refractivity contribution in [3.05, 3.63) is 35.9 Å². The van der Waals surface area contributed by atoms with Crippen LogP contribution in [0.5, 0.6) is 0 Å². The normalized spacial score (nSPS) is 17.4. The highest BCUT2D eigenvalue weighted by Crippen LogP contribution is 2.08. The van der Waals surface area contributed by atoms with Crippen LogP contribution >= 0.6 is 0 Å². The number of hydrogen-bond acceptors (Lipinski definition) is 3. The molecule has 2 rings (SSSR count). The lowest BCUT2D eigenvalue weighted by Crippen LogP contribution is -2.55. The van der Waals surface area contributed by atoms with E-state index in [2.05, 4.69) is 5.32 Å². The first-order chi connectivity index (χ1) is 9.58. The number of likely N-dealkylation sites (N-methyl/N-ethyl adjacent to an activating group) is 1. The number of amides is 2. The fraction of sp³-hybridized carbons (Fsp3) is 0.467. The van der Waals surface area contributed by atoms with Gasteiger partial charge < -0.3 is 10.2 Å². The third-order valence-electron chi connectivity index (χ3n) is 3.61. The second kappa shape index (κ2) is 6.52. The van der Waals surface area contributed by atoms with E-state index in [4.69, 9.17) is 0 Å². The van der Waals surface area contributed by atoms with E-state index in [1.807, 2.05) is 42.2 Å². The minimum absolute atomic E-state index is 0.0124. The van der Waals surface area contributed by atoms with Gasteiger partial charge in [0.1, 0.15) is 0 Å². The number of nitrogens with one attached hydrogen (secondary N) is 1. The summed E-state index contributed by atoms with van der Waals surface area (Å²) < 4.78 is 0. The van der Waals surface area contributed by atoms with Gasteiger partial charge in [-0.3, -0.25) is 14.5 Å². The Hall–Kier alpha value is -1.88. The van der Waals surface area contributed by atoms with E-state index in [1.54, 1.807) is 11.9 Å². The molecule has 0 aromatic heterocycles. The Morgan fingerprint density at radius 2 is 2.10 bits per heavy atom. The Labute approximate surface area is 119 Å². The molecule has 1 unspecified atom stereocenters. The van der Waals surface area contributed by atoms with Crippen molar-refractivity contribution in [3.8, 4) is 0 Å². The van der Waals surface area contributed by atoms with Crippen molar-refractivity contribution >= 4 is 11.8 Å². The van der Waals surface area contributed by atoms with Crippen LogP contribution in [0.2, 0.25) is 0 Å². The smallest absolute Gasteiger partial charge is 0.239 e. The molecular weight excluding hydrogens is 254 g/mol. The Bertz CT molecular complexity index is 475. The first kappa shape index (κ1) is 14.5. The van der Waals surface area contributed by atoms with E-state index in [0.29, 0.717) is 19.6 Å². The molecule has 1 fully saturated rings. The van der Waals surface area contributed by atoms with Crippen LogP contribution in [0.25, 0.3) is 0 Å². The van der Waals surface area contributed by atoms with Crippen LogP contribution in [0.1, 0.15) is 12.5 Å². The quantitative estimate of drug-likeness (QED) is 0.869. The third-order valence-corrected chi connectivity index (χ3v) is 3.61. The number of hydrogen-bond donors (Lipinski definition) is 1. The maximum Gasteiger partial charge on any atom is 0.239 e. The maximum absolute atomic E-state index is 12.4. The Morgan fingerprint density at radius 3 is 2.75 bits per heavy atom. The van der Waals surface area contributed by atoms with Crippen molar-refractivity contribution in [2.24, 2.45) is 0 Å². The molecule has 1 N–H and O–H groups in total. The minimum Gasteiger partial charge on any atom is -0.354 e. The number of piperazine rings is 1. The van der Waals surface area contributed by atoms with Gasteiger partial charge in [-0.25, -0.2) is 0 Å². The van der Waals surface area contributed by atoms with Gasteiger partial charge in [0, 0.05) is 26.7 Å². The van der Waals surface area contributed by atoms with Crippen molar-refractivity contribution in [2.45, 2.75) is 19.5 Å². The average molecular weight is 275 g/mol. The van der Waals surface area contributed by atoms with Crippen LogP contribution in [-0.4, -0.2) is 54.3 Å². The summed E-state index contributed by atoms with van der Waals surface area (Å²) in [7, 11) is 1.80. The molecule has 0 spiro atoms. The Morgan fingerprint density at radius 1 is 1.40 bits per heavy atom. The molecule has 1 aliphatic heterocycles. The summed E-state index contributed by atoms with van der Waals surface area (Å²) in [6.07, 6.45) is 0. The van der Waals surface area contributed by atoms with Gasteiger partial charge in [-0.1, -0.05) is 30.3 Å². The fourth-order valence-corrected chi connectivity index (χ4v) is 2.40. The van der Waals surface area contributed by atoms with E-state index in [0.717, 1.165) is 12.1 Å². The second-order valence-electron chi connectivity index (χ2n) is 5.18. The number of rotatable bonds is 4. The van der Waals surface area contributed by atoms with Gasteiger partial charge in [-0.2, -0.15) is 0 Å². The molecule has 1 atom stereocenters. The van der Waals surface area contributed by atoms with Crippen molar-refractivity contribution in [2.75, 3.05) is 26.7 Å². The lowest BCUT2D eigenvalue weighted by atomic mass is 10.2. The SMILES string of the molecule is CC(C(=O)N(C)Cc1ccccc1)N1CCNC(=O)C1. The molecule has 0 aliphatic carbocycles. The zero-order valence-corrected chi connectivity index (χ0v) is 12.0. The molecule has 1 aromatic carbocycles. The third kappa shape index (κ3) is 3.57. The number of nitrogens with zero attached hydrogens (tertiary/aromatic N) is 2. The highest BCUT2D eigenvalue weighted by atomic mass is 16.2. The molecule has 0 saturated carbocycles. The van der Waals surface area contributed by atoms with Crippen molar-refractivity contribution < 1.29 is 9.59 Å². The van der Waals surface area contributed by atoms with Gasteiger partial charge in [0.2, 0.25) is 11.8 Å². The molecule has 1 heterocycles.